The maximum absolute atomic E-state index is 3.31. The third-order valence-electron chi connectivity index (χ3n) is 1.27. The first-order valence-electron chi connectivity index (χ1n) is 4.80. The van der Waals surface area contributed by atoms with Gasteiger partial charge in [0.1, 0.15) is 0 Å². The second-order valence-corrected chi connectivity index (χ2v) is 3.55. The molecule has 0 spiro atoms. The normalized spacial score (nSPS) is 8.40. The smallest absolute Gasteiger partial charge is 1.00 e. The molecule has 0 radical (unpaired) electrons. The molecular formula is C12H21Li2N. The van der Waals surface area contributed by atoms with Crippen molar-refractivity contribution in [3.05, 3.63) is 36.4 Å². The summed E-state index contributed by atoms with van der Waals surface area (Å²) in [5, 5.41) is 3.31. The van der Waals surface area contributed by atoms with Gasteiger partial charge in [0.25, 0.3) is 0 Å². The van der Waals surface area contributed by atoms with Crippen LogP contribution in [0.15, 0.2) is 30.3 Å². The van der Waals surface area contributed by atoms with Gasteiger partial charge >= 0.3 is 37.7 Å². The molecule has 0 fully saturated rings. The van der Waals surface area contributed by atoms with Crippen molar-refractivity contribution in [1.29, 1.82) is 0 Å². The second-order valence-electron chi connectivity index (χ2n) is 3.55. The monoisotopic (exact) mass is 193 g/mol. The molecule has 0 unspecified atom stereocenters. The van der Waals surface area contributed by atoms with Crippen LogP contribution in [0.2, 0.25) is 0 Å². The molecule has 0 atom stereocenters. The van der Waals surface area contributed by atoms with Gasteiger partial charge in [-0.25, -0.2) is 0 Å². The molecule has 0 amide bonds. The van der Waals surface area contributed by atoms with E-state index >= 15 is 0 Å². The Balaban J connectivity index is -0.0000000760. The van der Waals surface area contributed by atoms with E-state index in [4.69, 9.17) is 0 Å². The van der Waals surface area contributed by atoms with Gasteiger partial charge in [0.05, 0.1) is 0 Å². The molecule has 0 aliphatic carbocycles. The van der Waals surface area contributed by atoms with Gasteiger partial charge in [-0.05, 0) is 0 Å². The Morgan fingerprint density at radius 2 is 1.27 bits per heavy atom. The molecule has 0 aliphatic rings. The molecule has 0 aliphatic heterocycles. The van der Waals surface area contributed by atoms with Crippen molar-refractivity contribution in [3.63, 3.8) is 0 Å². The third kappa shape index (κ3) is 20.5. The first-order valence-corrected chi connectivity index (χ1v) is 4.80. The summed E-state index contributed by atoms with van der Waals surface area (Å²) < 4.78 is 0. The molecule has 0 bridgehead atoms. The molecule has 76 valence electrons. The van der Waals surface area contributed by atoms with E-state index in [1.165, 1.54) is 0 Å². The Morgan fingerprint density at radius 3 is 1.33 bits per heavy atom. The van der Waals surface area contributed by atoms with Crippen molar-refractivity contribution in [3.8, 4) is 0 Å². The van der Waals surface area contributed by atoms with Crippen LogP contribution in [-0.4, -0.2) is 12.1 Å². The Morgan fingerprint density at radius 1 is 0.867 bits per heavy atom. The standard InChI is InChI=1S/C6H15N.C6H5.2Li.H/c1-5(2)7-6(3)4;1-2-4-6-5-3-1;;;/h5-7H,1-4H3;1-5H;;;/q;-1;2*+1;-1. The van der Waals surface area contributed by atoms with Gasteiger partial charge < -0.3 is 6.74 Å². The first kappa shape index (κ1) is 20.7. The van der Waals surface area contributed by atoms with Gasteiger partial charge in [0.15, 0.2) is 0 Å². The zero-order valence-electron chi connectivity index (χ0n) is 12.0. The number of hydrogen-bond acceptors (Lipinski definition) is 1. The van der Waals surface area contributed by atoms with Gasteiger partial charge in [-0.1, -0.05) is 27.7 Å². The number of rotatable bonds is 2. The number of hydrogen-bond donors (Lipinski definition) is 1. The van der Waals surface area contributed by atoms with Crippen molar-refractivity contribution in [1.82, 2.24) is 5.32 Å². The van der Waals surface area contributed by atoms with Gasteiger partial charge in [-0.2, -0.15) is 36.4 Å². The molecule has 1 aromatic rings. The topological polar surface area (TPSA) is 12.0 Å². The summed E-state index contributed by atoms with van der Waals surface area (Å²) >= 11 is 0. The van der Waals surface area contributed by atoms with Gasteiger partial charge in [-0.3, -0.25) is 0 Å². The van der Waals surface area contributed by atoms with Crippen LogP contribution in [0, 0.1) is 6.07 Å². The summed E-state index contributed by atoms with van der Waals surface area (Å²) in [6, 6.07) is 13.8. The average Bonchev–Trinajstić information content (AvgIpc) is 2.06. The van der Waals surface area contributed by atoms with Crippen LogP contribution in [0.3, 0.4) is 0 Å². The number of nitrogens with one attached hydrogen (secondary N) is 1. The molecule has 0 heterocycles. The molecule has 1 nitrogen and oxygen atoms in total. The molecule has 1 rings (SSSR count). The van der Waals surface area contributed by atoms with Crippen molar-refractivity contribution in [2.24, 2.45) is 0 Å². The number of benzene rings is 1. The predicted molar refractivity (Wildman–Crippen MR) is 59.8 cm³/mol. The zero-order chi connectivity index (χ0) is 10.1. The Hall–Kier alpha value is 0.375. The van der Waals surface area contributed by atoms with E-state index < -0.39 is 0 Å². The van der Waals surface area contributed by atoms with E-state index in [0.29, 0.717) is 12.1 Å². The molecule has 0 saturated carbocycles. The summed E-state index contributed by atoms with van der Waals surface area (Å²) in [6.07, 6.45) is 0. The minimum atomic E-state index is 0. The molecule has 3 heteroatoms. The molecule has 15 heavy (non-hydrogen) atoms. The SMILES string of the molecule is CC(C)NC(C)C.[H-].[Li+].[Li+].[c-]1ccccc1. The summed E-state index contributed by atoms with van der Waals surface area (Å²) in [7, 11) is 0. The van der Waals surface area contributed by atoms with Crippen molar-refractivity contribution < 1.29 is 39.1 Å². The van der Waals surface area contributed by atoms with Crippen molar-refractivity contribution in [2.45, 2.75) is 39.8 Å². The van der Waals surface area contributed by atoms with Gasteiger partial charge in [0.2, 0.25) is 0 Å². The van der Waals surface area contributed by atoms with Gasteiger partial charge in [0, 0.05) is 12.1 Å². The third-order valence-corrected chi connectivity index (χ3v) is 1.27. The van der Waals surface area contributed by atoms with E-state index in [1.807, 2.05) is 30.3 Å². The zero-order valence-corrected chi connectivity index (χ0v) is 11.0. The van der Waals surface area contributed by atoms with E-state index in [1.54, 1.807) is 0 Å². The molecule has 0 saturated heterocycles. The quantitative estimate of drug-likeness (QED) is 0.390. The van der Waals surface area contributed by atoms with E-state index in [2.05, 4.69) is 39.1 Å². The van der Waals surface area contributed by atoms with E-state index in [0.717, 1.165) is 0 Å². The van der Waals surface area contributed by atoms with E-state index in [-0.39, 0.29) is 39.1 Å². The Bertz CT molecular complexity index is 161. The first-order chi connectivity index (χ1) is 6.13. The van der Waals surface area contributed by atoms with Crippen LogP contribution >= 0.6 is 0 Å². The predicted octanol–water partition coefficient (Wildman–Crippen LogP) is -3.00. The largest absolute Gasteiger partial charge is 1.00 e. The molecular weight excluding hydrogens is 172 g/mol. The second kappa shape index (κ2) is 14.4. The van der Waals surface area contributed by atoms with Crippen molar-refractivity contribution in [2.75, 3.05) is 0 Å². The van der Waals surface area contributed by atoms with Crippen molar-refractivity contribution >= 4 is 0 Å². The fourth-order valence-electron chi connectivity index (χ4n) is 1.01. The molecule has 0 aromatic heterocycles. The molecule has 1 aromatic carbocycles. The average molecular weight is 193 g/mol. The Kier molecular flexibility index (Phi) is 19.9. The Labute approximate surface area is 120 Å². The minimum Gasteiger partial charge on any atom is -1.00 e. The summed E-state index contributed by atoms with van der Waals surface area (Å²) in [5.74, 6) is 0. The van der Waals surface area contributed by atoms with Crippen LogP contribution in [0.4, 0.5) is 0 Å². The van der Waals surface area contributed by atoms with Crippen LogP contribution in [0.25, 0.3) is 0 Å². The fourth-order valence-corrected chi connectivity index (χ4v) is 1.01. The van der Waals surface area contributed by atoms with Crippen LogP contribution in [0.1, 0.15) is 29.1 Å². The molecule has 1 N–H and O–H groups in total. The fraction of sp³-hybridized carbons (Fsp3) is 0.500. The summed E-state index contributed by atoms with van der Waals surface area (Å²) in [4.78, 5) is 0. The van der Waals surface area contributed by atoms with Crippen LogP contribution in [-0.2, 0) is 0 Å². The summed E-state index contributed by atoms with van der Waals surface area (Å²) in [6.45, 7) is 8.61. The van der Waals surface area contributed by atoms with Crippen LogP contribution < -0.4 is 43.0 Å². The maximum atomic E-state index is 3.31. The summed E-state index contributed by atoms with van der Waals surface area (Å²) in [5.41, 5.74) is 0. The van der Waals surface area contributed by atoms with E-state index in [9.17, 15) is 0 Å². The maximum Gasteiger partial charge on any atom is 1.00 e. The van der Waals surface area contributed by atoms with Crippen LogP contribution in [0.5, 0.6) is 0 Å². The van der Waals surface area contributed by atoms with Gasteiger partial charge in [-0.15, -0.1) is 0 Å². The minimum absolute atomic E-state index is 0.